The standard InChI is InChI=1S/C16H24N2S/c1-2-6-14(7-3-1)19-16-10-9-13(12-18-16)15-8-4-5-11-17-15/h9-10,12,14-15,17H,1-8,11H2/t15-/m1/s1. The molecular formula is C16H24N2S. The molecule has 0 unspecified atom stereocenters. The van der Waals surface area contributed by atoms with Gasteiger partial charge >= 0.3 is 0 Å². The van der Waals surface area contributed by atoms with E-state index in [1.54, 1.807) is 0 Å². The van der Waals surface area contributed by atoms with Gasteiger partial charge in [-0.2, -0.15) is 0 Å². The molecule has 2 fully saturated rings. The molecule has 1 aromatic rings. The van der Waals surface area contributed by atoms with Crippen molar-refractivity contribution >= 4 is 11.8 Å². The molecule has 2 heterocycles. The Morgan fingerprint density at radius 1 is 1.00 bits per heavy atom. The van der Waals surface area contributed by atoms with Crippen LogP contribution in [0, 0.1) is 0 Å². The van der Waals surface area contributed by atoms with E-state index in [1.165, 1.54) is 62.0 Å². The molecule has 1 aliphatic carbocycles. The van der Waals surface area contributed by atoms with Crippen molar-refractivity contribution < 1.29 is 0 Å². The van der Waals surface area contributed by atoms with Crippen LogP contribution in [0.4, 0.5) is 0 Å². The molecule has 2 nitrogen and oxygen atoms in total. The number of aromatic nitrogens is 1. The summed E-state index contributed by atoms with van der Waals surface area (Å²) in [6, 6.07) is 5.04. The first-order chi connectivity index (χ1) is 9.42. The molecule has 0 spiro atoms. The van der Waals surface area contributed by atoms with Crippen molar-refractivity contribution in [2.24, 2.45) is 0 Å². The minimum Gasteiger partial charge on any atom is -0.310 e. The Bertz CT molecular complexity index is 378. The minimum absolute atomic E-state index is 0.537. The molecule has 1 N–H and O–H groups in total. The molecule has 19 heavy (non-hydrogen) atoms. The van der Waals surface area contributed by atoms with Gasteiger partial charge in [0.25, 0.3) is 0 Å². The number of piperidine rings is 1. The fourth-order valence-electron chi connectivity index (χ4n) is 3.16. The van der Waals surface area contributed by atoms with E-state index in [4.69, 9.17) is 0 Å². The maximum Gasteiger partial charge on any atom is 0.0962 e. The molecule has 104 valence electrons. The first kappa shape index (κ1) is 13.4. The molecule has 1 aromatic heterocycles. The van der Waals surface area contributed by atoms with Crippen molar-refractivity contribution in [2.45, 2.75) is 67.7 Å². The van der Waals surface area contributed by atoms with Crippen molar-refractivity contribution in [1.29, 1.82) is 0 Å². The highest BCUT2D eigenvalue weighted by molar-refractivity contribution is 7.99. The molecule has 0 bridgehead atoms. The lowest BCUT2D eigenvalue weighted by molar-refractivity contribution is 0.411. The van der Waals surface area contributed by atoms with E-state index in [1.807, 2.05) is 11.8 Å². The topological polar surface area (TPSA) is 24.9 Å². The maximum atomic E-state index is 4.67. The molecule has 3 heteroatoms. The molecule has 0 amide bonds. The molecule has 1 aliphatic heterocycles. The van der Waals surface area contributed by atoms with Crippen molar-refractivity contribution in [2.75, 3.05) is 6.54 Å². The fourth-order valence-corrected chi connectivity index (χ4v) is 4.33. The number of thioether (sulfide) groups is 1. The van der Waals surface area contributed by atoms with Crippen LogP contribution in [0.3, 0.4) is 0 Å². The van der Waals surface area contributed by atoms with Gasteiger partial charge < -0.3 is 5.32 Å². The van der Waals surface area contributed by atoms with E-state index in [0.717, 1.165) is 11.8 Å². The maximum absolute atomic E-state index is 4.67. The van der Waals surface area contributed by atoms with Gasteiger partial charge in [-0.1, -0.05) is 31.7 Å². The van der Waals surface area contributed by atoms with Crippen LogP contribution in [-0.2, 0) is 0 Å². The predicted octanol–water partition coefficient (Wildman–Crippen LogP) is 4.32. The van der Waals surface area contributed by atoms with E-state index in [-0.39, 0.29) is 0 Å². The molecule has 2 aliphatic rings. The first-order valence-electron chi connectivity index (χ1n) is 7.78. The van der Waals surface area contributed by atoms with Gasteiger partial charge in [0.1, 0.15) is 0 Å². The second kappa shape index (κ2) is 6.76. The van der Waals surface area contributed by atoms with E-state index >= 15 is 0 Å². The summed E-state index contributed by atoms with van der Waals surface area (Å²) in [5.74, 6) is 0. The molecule has 1 saturated carbocycles. The van der Waals surface area contributed by atoms with E-state index < -0.39 is 0 Å². The predicted molar refractivity (Wildman–Crippen MR) is 81.6 cm³/mol. The lowest BCUT2D eigenvalue weighted by Gasteiger charge is -2.24. The fraction of sp³-hybridized carbons (Fsp3) is 0.688. The third-order valence-electron chi connectivity index (χ3n) is 4.31. The van der Waals surface area contributed by atoms with Crippen molar-refractivity contribution in [3.63, 3.8) is 0 Å². The number of nitrogens with one attached hydrogen (secondary N) is 1. The normalized spacial score (nSPS) is 25.4. The Balaban J connectivity index is 1.58. The van der Waals surface area contributed by atoms with Crippen molar-refractivity contribution in [1.82, 2.24) is 10.3 Å². The third kappa shape index (κ3) is 3.73. The molecule has 0 aromatic carbocycles. The number of rotatable bonds is 3. The largest absolute Gasteiger partial charge is 0.310 e. The van der Waals surface area contributed by atoms with Gasteiger partial charge in [0.15, 0.2) is 0 Å². The number of nitrogens with zero attached hydrogens (tertiary/aromatic N) is 1. The van der Waals surface area contributed by atoms with Gasteiger partial charge in [-0.25, -0.2) is 4.98 Å². The lowest BCUT2D eigenvalue weighted by atomic mass is 9.99. The van der Waals surface area contributed by atoms with Gasteiger partial charge in [-0.15, -0.1) is 11.8 Å². The summed E-state index contributed by atoms with van der Waals surface area (Å²) in [6.07, 6.45) is 13.0. The summed E-state index contributed by atoms with van der Waals surface area (Å²) >= 11 is 1.99. The highest BCUT2D eigenvalue weighted by atomic mass is 32.2. The van der Waals surface area contributed by atoms with Crippen LogP contribution in [0.1, 0.15) is 63.0 Å². The quantitative estimate of drug-likeness (QED) is 0.890. The van der Waals surface area contributed by atoms with Gasteiger partial charge in [0, 0.05) is 17.5 Å². The summed E-state index contributed by atoms with van der Waals surface area (Å²) in [6.45, 7) is 1.16. The van der Waals surface area contributed by atoms with Crippen molar-refractivity contribution in [3.8, 4) is 0 Å². The molecule has 0 radical (unpaired) electrons. The Hall–Kier alpha value is -0.540. The Morgan fingerprint density at radius 2 is 1.84 bits per heavy atom. The average molecular weight is 276 g/mol. The highest BCUT2D eigenvalue weighted by Gasteiger charge is 2.17. The Kier molecular flexibility index (Phi) is 4.78. The average Bonchev–Trinajstić information content (AvgIpc) is 2.50. The van der Waals surface area contributed by atoms with E-state index in [0.29, 0.717) is 6.04 Å². The van der Waals surface area contributed by atoms with Crippen LogP contribution in [0.15, 0.2) is 23.4 Å². The van der Waals surface area contributed by atoms with Gasteiger partial charge in [0.05, 0.1) is 5.03 Å². The summed E-state index contributed by atoms with van der Waals surface area (Å²) in [5, 5.41) is 5.61. The van der Waals surface area contributed by atoms with Gasteiger partial charge in [-0.3, -0.25) is 0 Å². The van der Waals surface area contributed by atoms with Crippen LogP contribution >= 0.6 is 11.8 Å². The molecule has 1 saturated heterocycles. The van der Waals surface area contributed by atoms with Crippen LogP contribution in [-0.4, -0.2) is 16.8 Å². The second-order valence-corrected chi connectivity index (χ2v) is 7.13. The van der Waals surface area contributed by atoms with Gasteiger partial charge in [-0.05, 0) is 43.9 Å². The zero-order chi connectivity index (χ0) is 12.9. The highest BCUT2D eigenvalue weighted by Crippen LogP contribution is 2.33. The van der Waals surface area contributed by atoms with Crippen LogP contribution < -0.4 is 5.32 Å². The molecule has 1 atom stereocenters. The second-order valence-electron chi connectivity index (χ2n) is 5.81. The summed E-state index contributed by atoms with van der Waals surface area (Å²) in [5.41, 5.74) is 1.37. The number of hydrogen-bond acceptors (Lipinski definition) is 3. The van der Waals surface area contributed by atoms with Crippen LogP contribution in [0.2, 0.25) is 0 Å². The van der Waals surface area contributed by atoms with Gasteiger partial charge in [0.2, 0.25) is 0 Å². The smallest absolute Gasteiger partial charge is 0.0962 e. The summed E-state index contributed by atoms with van der Waals surface area (Å²) < 4.78 is 0. The summed E-state index contributed by atoms with van der Waals surface area (Å²) in [4.78, 5) is 4.67. The van der Waals surface area contributed by atoms with E-state index in [9.17, 15) is 0 Å². The number of hydrogen-bond donors (Lipinski definition) is 1. The number of pyridine rings is 1. The minimum atomic E-state index is 0.537. The van der Waals surface area contributed by atoms with Crippen molar-refractivity contribution in [3.05, 3.63) is 23.9 Å². The zero-order valence-corrected chi connectivity index (χ0v) is 12.4. The SMILES string of the molecule is c1cc(SC2CCCCC2)ncc1[C@H]1CCCCN1. The molecular weight excluding hydrogens is 252 g/mol. The van der Waals surface area contributed by atoms with Crippen LogP contribution in [0.5, 0.6) is 0 Å². The summed E-state index contributed by atoms with van der Waals surface area (Å²) in [7, 11) is 0. The Morgan fingerprint density at radius 3 is 2.53 bits per heavy atom. The van der Waals surface area contributed by atoms with E-state index in [2.05, 4.69) is 28.6 Å². The Labute approximate surface area is 120 Å². The first-order valence-corrected chi connectivity index (χ1v) is 8.66. The monoisotopic (exact) mass is 276 g/mol. The zero-order valence-electron chi connectivity index (χ0n) is 11.6. The lowest BCUT2D eigenvalue weighted by Crippen LogP contribution is -2.26. The van der Waals surface area contributed by atoms with Crippen LogP contribution in [0.25, 0.3) is 0 Å². The third-order valence-corrected chi connectivity index (χ3v) is 5.60. The molecule has 3 rings (SSSR count).